The zero-order chi connectivity index (χ0) is 33.7. The van der Waals surface area contributed by atoms with Gasteiger partial charge in [-0.15, -0.1) is 22.7 Å². The molecule has 0 atom stereocenters. The summed E-state index contributed by atoms with van der Waals surface area (Å²) in [4.78, 5) is 2.65. The Morgan fingerprint density at radius 2 is 1.29 bits per heavy atom. The third-order valence-electron chi connectivity index (χ3n) is 9.45. The van der Waals surface area contributed by atoms with Crippen molar-refractivity contribution in [1.29, 1.82) is 0 Å². The van der Waals surface area contributed by atoms with Crippen molar-refractivity contribution in [2.75, 3.05) is 5.32 Å². The first-order valence-electron chi connectivity index (χ1n) is 17.0. The molecule has 242 valence electrons. The van der Waals surface area contributed by atoms with Gasteiger partial charge in [-0.05, 0) is 129 Å². The highest BCUT2D eigenvalue weighted by molar-refractivity contribution is 7.20. The molecule has 8 aromatic rings. The largest absolute Gasteiger partial charge is 0.359 e. The van der Waals surface area contributed by atoms with E-state index in [1.165, 1.54) is 74.0 Å². The Morgan fingerprint density at radius 3 is 2.02 bits per heavy atom. The van der Waals surface area contributed by atoms with E-state index >= 15 is 0 Å². The molecule has 0 aliphatic heterocycles. The van der Waals surface area contributed by atoms with Gasteiger partial charge in [0.05, 0.1) is 0 Å². The Balaban J connectivity index is 1.04. The molecule has 0 bridgehead atoms. The lowest BCUT2D eigenvalue weighted by Crippen LogP contribution is -2.21. The zero-order valence-corrected chi connectivity index (χ0v) is 30.3. The number of aryl methyl sites for hydroxylation is 1. The highest BCUT2D eigenvalue weighted by atomic mass is 32.1. The van der Waals surface area contributed by atoms with Crippen molar-refractivity contribution in [3.63, 3.8) is 0 Å². The molecule has 0 aliphatic carbocycles. The second-order valence-corrected chi connectivity index (χ2v) is 16.1. The minimum Gasteiger partial charge on any atom is -0.359 e. The van der Waals surface area contributed by atoms with Crippen molar-refractivity contribution in [2.24, 2.45) is 0 Å². The van der Waals surface area contributed by atoms with Crippen molar-refractivity contribution in [3.05, 3.63) is 148 Å². The molecule has 49 heavy (non-hydrogen) atoms. The van der Waals surface area contributed by atoms with Gasteiger partial charge >= 0.3 is 0 Å². The molecule has 0 saturated carbocycles. The smallest absolute Gasteiger partial charge is 0.0496 e. The molecule has 5 aromatic carbocycles. The fourth-order valence-electron chi connectivity index (χ4n) is 7.16. The molecule has 0 unspecified atom stereocenters. The maximum Gasteiger partial charge on any atom is 0.0496 e. The lowest BCUT2D eigenvalue weighted by Gasteiger charge is -2.24. The van der Waals surface area contributed by atoms with Crippen LogP contribution in [0.5, 0.6) is 0 Å². The van der Waals surface area contributed by atoms with E-state index in [1.54, 1.807) is 0 Å². The number of allylic oxidation sites excluding steroid dienone is 2. The number of fused-ring (bicyclic) bond motifs is 5. The van der Waals surface area contributed by atoms with Gasteiger partial charge in [-0.3, -0.25) is 0 Å². The number of thiophene rings is 2. The number of para-hydroxylation sites is 1. The molecule has 2 nitrogen and oxygen atoms in total. The molecule has 0 spiro atoms. The Kier molecular flexibility index (Phi) is 8.02. The van der Waals surface area contributed by atoms with Gasteiger partial charge < -0.3 is 9.88 Å². The topological polar surface area (TPSA) is 17.0 Å². The highest BCUT2D eigenvalue weighted by Crippen LogP contribution is 2.38. The van der Waals surface area contributed by atoms with Crippen LogP contribution in [0.15, 0.2) is 127 Å². The maximum atomic E-state index is 3.67. The van der Waals surface area contributed by atoms with E-state index in [2.05, 4.69) is 178 Å². The number of hydrogen-bond acceptors (Lipinski definition) is 3. The quantitative estimate of drug-likeness (QED) is 0.178. The van der Waals surface area contributed by atoms with Crippen LogP contribution in [0.3, 0.4) is 0 Å². The van der Waals surface area contributed by atoms with Gasteiger partial charge in [0.1, 0.15) is 0 Å². The summed E-state index contributed by atoms with van der Waals surface area (Å²) in [6, 6.07) is 42.0. The molecule has 8 rings (SSSR count). The number of aromatic nitrogens is 1. The summed E-state index contributed by atoms with van der Waals surface area (Å²) in [6.45, 7) is 11.2. The predicted molar refractivity (Wildman–Crippen MR) is 218 cm³/mol. The van der Waals surface area contributed by atoms with Crippen molar-refractivity contribution in [2.45, 2.75) is 46.6 Å². The Labute approximate surface area is 296 Å². The van der Waals surface area contributed by atoms with Crippen LogP contribution in [0.2, 0.25) is 0 Å². The minimum absolute atomic E-state index is 0.00627. The standard InChI is InChI=1S/C45H40N2S2/c1-29(27-44-37(36-15-8-11-19-43(36)49-44)16-12-20-41-30(2)34-13-7-10-18-42(34)48-41)46-33-24-21-31(22-25-33)32-23-26-40-38(28-32)35-14-6-9-17-39(35)47(40)45(3,4)5/h6-15,17-28,46H,16H2,1-5H3/b20-12-,29-27-. The van der Waals surface area contributed by atoms with Gasteiger partial charge in [-0.1, -0.05) is 78.9 Å². The van der Waals surface area contributed by atoms with Gasteiger partial charge in [0, 0.05) is 57.9 Å². The first-order chi connectivity index (χ1) is 23.7. The van der Waals surface area contributed by atoms with Crippen LogP contribution >= 0.6 is 22.7 Å². The molecule has 0 amide bonds. The van der Waals surface area contributed by atoms with Crippen molar-refractivity contribution >= 4 is 82.5 Å². The Hall–Kier alpha value is -4.90. The molecule has 0 fully saturated rings. The third-order valence-corrected chi connectivity index (χ3v) is 11.9. The molecular weight excluding hydrogens is 633 g/mol. The summed E-state index contributed by atoms with van der Waals surface area (Å²) in [5.41, 5.74) is 9.98. The lowest BCUT2D eigenvalue weighted by molar-refractivity contribution is 0.423. The van der Waals surface area contributed by atoms with Crippen molar-refractivity contribution < 1.29 is 0 Å². The number of benzene rings is 5. The van der Waals surface area contributed by atoms with Crippen LogP contribution in [0.4, 0.5) is 5.69 Å². The molecule has 3 aromatic heterocycles. The zero-order valence-electron chi connectivity index (χ0n) is 28.7. The minimum atomic E-state index is -0.00627. The molecule has 4 heteroatoms. The second-order valence-electron chi connectivity index (χ2n) is 13.9. The van der Waals surface area contributed by atoms with Crippen LogP contribution in [-0.2, 0) is 12.0 Å². The average Bonchev–Trinajstić information content (AvgIpc) is 3.73. The average molecular weight is 673 g/mol. The second kappa shape index (κ2) is 12.5. The van der Waals surface area contributed by atoms with Gasteiger partial charge in [0.2, 0.25) is 0 Å². The molecule has 0 aliphatic rings. The lowest BCUT2D eigenvalue weighted by atomic mass is 10.0. The molecule has 0 radical (unpaired) electrons. The summed E-state index contributed by atoms with van der Waals surface area (Å²) in [7, 11) is 0. The first kappa shape index (κ1) is 31.4. The Morgan fingerprint density at radius 1 is 0.673 bits per heavy atom. The van der Waals surface area contributed by atoms with E-state index in [-0.39, 0.29) is 5.54 Å². The highest BCUT2D eigenvalue weighted by Gasteiger charge is 2.20. The van der Waals surface area contributed by atoms with Gasteiger partial charge in [-0.25, -0.2) is 0 Å². The van der Waals surface area contributed by atoms with E-state index in [9.17, 15) is 0 Å². The van der Waals surface area contributed by atoms with E-state index in [0.717, 1.165) is 17.8 Å². The van der Waals surface area contributed by atoms with Gasteiger partial charge in [0.15, 0.2) is 0 Å². The van der Waals surface area contributed by atoms with E-state index in [1.807, 2.05) is 22.7 Å². The summed E-state index contributed by atoms with van der Waals surface area (Å²) in [5, 5.41) is 8.98. The van der Waals surface area contributed by atoms with Crippen LogP contribution in [-0.4, -0.2) is 4.57 Å². The van der Waals surface area contributed by atoms with Gasteiger partial charge in [-0.2, -0.15) is 0 Å². The molecular formula is C45H40N2S2. The van der Waals surface area contributed by atoms with Crippen molar-refractivity contribution in [1.82, 2.24) is 4.57 Å². The van der Waals surface area contributed by atoms with E-state index < -0.39 is 0 Å². The fraction of sp³-hybridized carbons (Fsp3) is 0.156. The summed E-state index contributed by atoms with van der Waals surface area (Å²) < 4.78 is 5.15. The normalized spacial score (nSPS) is 12.7. The molecule has 1 N–H and O–H groups in total. The predicted octanol–water partition coefficient (Wildman–Crippen LogP) is 13.7. The fourth-order valence-corrected chi connectivity index (χ4v) is 9.54. The van der Waals surface area contributed by atoms with Crippen molar-refractivity contribution in [3.8, 4) is 11.1 Å². The van der Waals surface area contributed by atoms with Crippen LogP contribution in [0, 0.1) is 6.92 Å². The number of rotatable bonds is 7. The van der Waals surface area contributed by atoms with E-state index in [0.29, 0.717) is 0 Å². The summed E-state index contributed by atoms with van der Waals surface area (Å²) in [6.07, 6.45) is 7.85. The number of anilines is 1. The SMILES string of the molecule is C/C(=C/c1sc2ccccc2c1C/C=C\c1sc2ccccc2c1C)Nc1ccc(-c2ccc3c(c2)c2ccccc2n3C(C)(C)C)cc1. The Bertz CT molecular complexity index is 2550. The summed E-state index contributed by atoms with van der Waals surface area (Å²) in [5.74, 6) is 0. The van der Waals surface area contributed by atoms with Crippen LogP contribution in [0.1, 0.15) is 48.6 Å². The molecule has 0 saturated heterocycles. The summed E-state index contributed by atoms with van der Waals surface area (Å²) >= 11 is 3.75. The van der Waals surface area contributed by atoms with Crippen LogP contribution < -0.4 is 5.32 Å². The number of hydrogen-bond donors (Lipinski definition) is 1. The first-order valence-corrected chi connectivity index (χ1v) is 18.6. The number of nitrogens with one attached hydrogen (secondary N) is 1. The maximum absolute atomic E-state index is 3.67. The van der Waals surface area contributed by atoms with Gasteiger partial charge in [0.25, 0.3) is 0 Å². The molecule has 3 heterocycles. The third kappa shape index (κ3) is 5.90. The monoisotopic (exact) mass is 672 g/mol. The number of nitrogens with zero attached hydrogens (tertiary/aromatic N) is 1. The van der Waals surface area contributed by atoms with Crippen LogP contribution in [0.25, 0.3) is 65.3 Å². The van der Waals surface area contributed by atoms with E-state index in [4.69, 9.17) is 0 Å².